The zero-order chi connectivity index (χ0) is 19.4. The van der Waals surface area contributed by atoms with Crippen molar-refractivity contribution in [2.75, 3.05) is 37.1 Å². The molecule has 0 saturated heterocycles. The van der Waals surface area contributed by atoms with Gasteiger partial charge < -0.3 is 9.80 Å². The van der Waals surface area contributed by atoms with Crippen LogP contribution in [0.15, 0.2) is 64.7 Å². The van der Waals surface area contributed by atoms with Crippen LogP contribution in [0.5, 0.6) is 0 Å². The summed E-state index contributed by atoms with van der Waals surface area (Å²) in [5.41, 5.74) is 3.41. The Morgan fingerprint density at radius 1 is 0.963 bits per heavy atom. The minimum absolute atomic E-state index is 0.276. The van der Waals surface area contributed by atoms with E-state index in [1.54, 1.807) is 5.01 Å². The fourth-order valence-electron chi connectivity index (χ4n) is 3.01. The lowest BCUT2D eigenvalue weighted by Gasteiger charge is -2.20. The Labute approximate surface area is 160 Å². The summed E-state index contributed by atoms with van der Waals surface area (Å²) in [6, 6.07) is 17.8. The zero-order valence-corrected chi connectivity index (χ0v) is 16.3. The molecular weight excluding hydrogens is 336 g/mol. The monoisotopic (exact) mass is 362 g/mol. The van der Waals surface area contributed by atoms with Crippen molar-refractivity contribution in [3.63, 3.8) is 0 Å². The molecule has 1 aliphatic heterocycles. The van der Waals surface area contributed by atoms with Gasteiger partial charge in [-0.15, -0.1) is 5.10 Å². The van der Waals surface area contributed by atoms with Gasteiger partial charge in [-0.1, -0.05) is 18.2 Å². The number of anilines is 2. The van der Waals surface area contributed by atoms with E-state index in [1.165, 1.54) is 5.69 Å². The van der Waals surface area contributed by atoms with Crippen molar-refractivity contribution in [1.82, 2.24) is 4.90 Å². The van der Waals surface area contributed by atoms with E-state index >= 15 is 0 Å². The minimum atomic E-state index is 0.276. The van der Waals surface area contributed by atoms with Crippen LogP contribution in [-0.4, -0.2) is 49.5 Å². The van der Waals surface area contributed by atoms with Crippen molar-refractivity contribution >= 4 is 34.4 Å². The smallest absolute Gasteiger partial charge is 0.178 e. The maximum Gasteiger partial charge on any atom is 0.178 e. The first-order valence-corrected chi connectivity index (χ1v) is 9.19. The van der Waals surface area contributed by atoms with E-state index in [2.05, 4.69) is 36.0 Å². The second-order valence-corrected chi connectivity index (χ2v) is 6.46. The molecule has 6 heteroatoms. The van der Waals surface area contributed by atoms with Crippen molar-refractivity contribution in [3.05, 3.63) is 54.6 Å². The molecule has 140 valence electrons. The highest BCUT2D eigenvalue weighted by atomic mass is 15.5. The van der Waals surface area contributed by atoms with E-state index in [9.17, 15) is 0 Å². The number of hydrazone groups is 1. The fraction of sp³-hybridized carbons (Fsp3) is 0.286. The molecular formula is C21H26N6. The van der Waals surface area contributed by atoms with E-state index < -0.39 is 0 Å². The van der Waals surface area contributed by atoms with Gasteiger partial charge in [0.1, 0.15) is 0 Å². The number of hydrogen-bond acceptors (Lipinski definition) is 5. The highest BCUT2D eigenvalue weighted by molar-refractivity contribution is 6.72. The third-order valence-electron chi connectivity index (χ3n) is 4.49. The Bertz CT molecular complexity index is 848. The van der Waals surface area contributed by atoms with Gasteiger partial charge in [-0.25, -0.2) is 10.0 Å². The lowest BCUT2D eigenvalue weighted by Crippen LogP contribution is -2.32. The van der Waals surface area contributed by atoms with Crippen LogP contribution in [0.2, 0.25) is 0 Å². The SMILES string of the molecule is CCN(CC)c1ccc(N=C2C(=N)N(c3ccccc3)N=C2N(C)C)cc1. The summed E-state index contributed by atoms with van der Waals surface area (Å²) in [4.78, 5) is 8.91. The van der Waals surface area contributed by atoms with E-state index in [0.717, 1.165) is 24.5 Å². The van der Waals surface area contributed by atoms with Crippen LogP contribution in [0.1, 0.15) is 13.8 Å². The third-order valence-corrected chi connectivity index (χ3v) is 4.49. The molecule has 2 aromatic rings. The highest BCUT2D eigenvalue weighted by Crippen LogP contribution is 2.24. The van der Waals surface area contributed by atoms with Gasteiger partial charge in [0, 0.05) is 32.9 Å². The van der Waals surface area contributed by atoms with Crippen molar-refractivity contribution in [2.45, 2.75) is 13.8 Å². The second-order valence-electron chi connectivity index (χ2n) is 6.46. The summed E-state index contributed by atoms with van der Waals surface area (Å²) in [7, 11) is 3.83. The third kappa shape index (κ3) is 3.84. The van der Waals surface area contributed by atoms with Crippen molar-refractivity contribution in [2.24, 2.45) is 10.1 Å². The average Bonchev–Trinajstić information content (AvgIpc) is 3.01. The van der Waals surface area contributed by atoms with Crippen LogP contribution in [0.4, 0.5) is 17.1 Å². The molecule has 0 amide bonds. The molecule has 2 aromatic carbocycles. The molecule has 0 fully saturated rings. The van der Waals surface area contributed by atoms with E-state index in [0.29, 0.717) is 11.5 Å². The zero-order valence-electron chi connectivity index (χ0n) is 16.3. The fourth-order valence-corrected chi connectivity index (χ4v) is 3.01. The van der Waals surface area contributed by atoms with Gasteiger partial charge in [-0.3, -0.25) is 5.41 Å². The van der Waals surface area contributed by atoms with Crippen LogP contribution in [0, 0.1) is 5.41 Å². The molecule has 3 rings (SSSR count). The summed E-state index contributed by atoms with van der Waals surface area (Å²) in [5.74, 6) is 0.953. The quantitative estimate of drug-likeness (QED) is 0.875. The Kier molecular flexibility index (Phi) is 5.54. The maximum absolute atomic E-state index is 8.59. The number of amidine groups is 2. The summed E-state index contributed by atoms with van der Waals surface area (Å²) in [5, 5.41) is 14.8. The van der Waals surface area contributed by atoms with Gasteiger partial charge in [-0.2, -0.15) is 0 Å². The predicted molar refractivity (Wildman–Crippen MR) is 115 cm³/mol. The van der Waals surface area contributed by atoms with Gasteiger partial charge in [0.05, 0.1) is 11.4 Å². The Morgan fingerprint density at radius 2 is 1.59 bits per heavy atom. The molecule has 6 nitrogen and oxygen atoms in total. The summed E-state index contributed by atoms with van der Waals surface area (Å²) >= 11 is 0. The number of nitrogens with one attached hydrogen (secondary N) is 1. The van der Waals surface area contributed by atoms with Crippen LogP contribution < -0.4 is 9.91 Å². The molecule has 1 aliphatic rings. The molecule has 0 aromatic heterocycles. The maximum atomic E-state index is 8.59. The molecule has 0 atom stereocenters. The molecule has 0 bridgehead atoms. The van der Waals surface area contributed by atoms with Crippen LogP contribution >= 0.6 is 0 Å². The van der Waals surface area contributed by atoms with Crippen LogP contribution in [0.3, 0.4) is 0 Å². The highest BCUT2D eigenvalue weighted by Gasteiger charge is 2.31. The molecule has 0 aliphatic carbocycles. The van der Waals surface area contributed by atoms with E-state index in [4.69, 9.17) is 10.4 Å². The Morgan fingerprint density at radius 3 is 2.15 bits per heavy atom. The number of nitrogens with zero attached hydrogens (tertiary/aromatic N) is 5. The van der Waals surface area contributed by atoms with Crippen LogP contribution in [-0.2, 0) is 0 Å². The van der Waals surface area contributed by atoms with Gasteiger partial charge in [0.2, 0.25) is 0 Å². The molecule has 1 N–H and O–H groups in total. The molecule has 0 radical (unpaired) electrons. The molecule has 1 heterocycles. The lowest BCUT2D eigenvalue weighted by molar-refractivity contribution is 0.630. The van der Waals surface area contributed by atoms with Crippen molar-refractivity contribution < 1.29 is 0 Å². The number of para-hydroxylation sites is 1. The average molecular weight is 362 g/mol. The van der Waals surface area contributed by atoms with Crippen LogP contribution in [0.25, 0.3) is 0 Å². The van der Waals surface area contributed by atoms with Gasteiger partial charge in [-0.05, 0) is 50.2 Å². The largest absolute Gasteiger partial charge is 0.372 e. The standard InChI is InChI=1S/C21H26N6/c1-5-26(6-2)17-14-12-16(13-15-17)23-19-20(22)27(24-21(19)25(3)4)18-10-8-7-9-11-18/h7-15,22H,5-6H2,1-4H3. The molecule has 27 heavy (non-hydrogen) atoms. The number of hydrogen-bond donors (Lipinski definition) is 1. The molecule has 0 saturated carbocycles. The first-order valence-electron chi connectivity index (χ1n) is 9.19. The van der Waals surface area contributed by atoms with Crippen molar-refractivity contribution in [1.29, 1.82) is 5.41 Å². The van der Waals surface area contributed by atoms with Gasteiger partial charge in [0.15, 0.2) is 17.4 Å². The molecule has 0 spiro atoms. The summed E-state index contributed by atoms with van der Waals surface area (Å²) in [6.45, 7) is 6.24. The summed E-state index contributed by atoms with van der Waals surface area (Å²) < 4.78 is 0. The lowest BCUT2D eigenvalue weighted by atomic mass is 10.2. The molecule has 0 unspecified atom stereocenters. The van der Waals surface area contributed by atoms with Gasteiger partial charge >= 0.3 is 0 Å². The first kappa shape index (κ1) is 18.6. The van der Waals surface area contributed by atoms with E-state index in [1.807, 2.05) is 61.5 Å². The predicted octanol–water partition coefficient (Wildman–Crippen LogP) is 3.98. The second kappa shape index (κ2) is 8.03. The number of benzene rings is 2. The Hall–Kier alpha value is -3.15. The normalized spacial score (nSPS) is 15.3. The summed E-state index contributed by atoms with van der Waals surface area (Å²) in [6.07, 6.45) is 0. The first-order chi connectivity index (χ1) is 13.0. The topological polar surface area (TPSA) is 58.3 Å². The Balaban J connectivity index is 1.92. The van der Waals surface area contributed by atoms with Gasteiger partial charge in [0.25, 0.3) is 0 Å². The van der Waals surface area contributed by atoms with Crippen molar-refractivity contribution in [3.8, 4) is 0 Å². The number of aliphatic imine (C=N–C) groups is 1. The van der Waals surface area contributed by atoms with E-state index in [-0.39, 0.29) is 5.84 Å². The number of rotatable bonds is 5. The minimum Gasteiger partial charge on any atom is -0.372 e.